The maximum Gasteiger partial charge on any atom is 0.407 e. The molecule has 1 aliphatic rings. The summed E-state index contributed by atoms with van der Waals surface area (Å²) in [4.78, 5) is 16.4. The molecule has 1 aliphatic carbocycles. The van der Waals surface area contributed by atoms with Crippen LogP contribution in [-0.4, -0.2) is 55.0 Å². The molecule has 1 atom stereocenters. The molecule has 1 saturated carbocycles. The number of aliphatic hydroxyl groups is 1. The van der Waals surface area contributed by atoms with Gasteiger partial charge in [-0.25, -0.2) is 4.79 Å². The Balaban J connectivity index is 0.00000625. The molecular formula is C18H37IN4O3. The first-order chi connectivity index (χ1) is 11.9. The second-order valence-electron chi connectivity index (χ2n) is 7.06. The highest BCUT2D eigenvalue weighted by Crippen LogP contribution is 2.18. The molecule has 26 heavy (non-hydrogen) atoms. The summed E-state index contributed by atoms with van der Waals surface area (Å²) < 4.78 is 4.99. The third kappa shape index (κ3) is 11.1. The summed E-state index contributed by atoms with van der Waals surface area (Å²) in [7, 11) is 0. The van der Waals surface area contributed by atoms with Gasteiger partial charge in [0.05, 0.1) is 25.3 Å². The Morgan fingerprint density at radius 2 is 1.88 bits per heavy atom. The van der Waals surface area contributed by atoms with Gasteiger partial charge in [0, 0.05) is 12.6 Å². The lowest BCUT2D eigenvalue weighted by molar-refractivity contribution is 0.120. The van der Waals surface area contributed by atoms with Crippen molar-refractivity contribution in [1.82, 2.24) is 16.0 Å². The Labute approximate surface area is 175 Å². The van der Waals surface area contributed by atoms with Crippen molar-refractivity contribution >= 4 is 36.0 Å². The van der Waals surface area contributed by atoms with Crippen LogP contribution in [0.3, 0.4) is 0 Å². The number of carbonyl (C=O) groups excluding carboxylic acids is 1. The molecule has 0 aliphatic heterocycles. The van der Waals surface area contributed by atoms with Crippen LogP contribution in [0.15, 0.2) is 4.99 Å². The number of aliphatic imine (C=N–C) groups is 1. The fraction of sp³-hybridized carbons (Fsp3) is 0.889. The number of rotatable bonds is 8. The second-order valence-corrected chi connectivity index (χ2v) is 7.06. The SMILES string of the molecule is CCNC(=NCC(CC(C)C)NC(=O)OCC)NC1CCC(O)CC1.I. The molecule has 0 aromatic carbocycles. The normalized spacial score (nSPS) is 21.5. The van der Waals surface area contributed by atoms with Crippen molar-refractivity contribution in [2.24, 2.45) is 10.9 Å². The van der Waals surface area contributed by atoms with E-state index in [1.54, 1.807) is 6.92 Å². The van der Waals surface area contributed by atoms with Gasteiger partial charge in [0.15, 0.2) is 5.96 Å². The maximum atomic E-state index is 11.7. The Morgan fingerprint density at radius 1 is 1.23 bits per heavy atom. The van der Waals surface area contributed by atoms with Gasteiger partial charge in [0.1, 0.15) is 0 Å². The van der Waals surface area contributed by atoms with E-state index in [1.165, 1.54) is 0 Å². The topological polar surface area (TPSA) is 95.0 Å². The summed E-state index contributed by atoms with van der Waals surface area (Å²) >= 11 is 0. The molecule has 1 fully saturated rings. The highest BCUT2D eigenvalue weighted by atomic mass is 127. The van der Waals surface area contributed by atoms with Gasteiger partial charge in [-0.05, 0) is 51.9 Å². The van der Waals surface area contributed by atoms with Gasteiger partial charge >= 0.3 is 6.09 Å². The number of guanidine groups is 1. The third-order valence-corrected chi connectivity index (χ3v) is 4.20. The smallest absolute Gasteiger partial charge is 0.407 e. The van der Waals surface area contributed by atoms with Gasteiger partial charge in [-0.15, -0.1) is 24.0 Å². The van der Waals surface area contributed by atoms with Crippen LogP contribution < -0.4 is 16.0 Å². The number of aliphatic hydroxyl groups excluding tert-OH is 1. The first kappa shape index (κ1) is 25.2. The number of alkyl carbamates (subject to hydrolysis) is 1. The number of halogens is 1. The van der Waals surface area contributed by atoms with E-state index in [-0.39, 0.29) is 42.2 Å². The maximum absolute atomic E-state index is 11.7. The Hall–Kier alpha value is -0.770. The average molecular weight is 484 g/mol. The highest BCUT2D eigenvalue weighted by Gasteiger charge is 2.20. The van der Waals surface area contributed by atoms with Crippen LogP contribution in [0, 0.1) is 5.92 Å². The molecule has 0 saturated heterocycles. The fourth-order valence-corrected chi connectivity index (χ4v) is 3.02. The molecule has 1 unspecified atom stereocenters. The molecule has 8 heteroatoms. The van der Waals surface area contributed by atoms with Crippen LogP contribution in [0.25, 0.3) is 0 Å². The molecular weight excluding hydrogens is 447 g/mol. The lowest BCUT2D eigenvalue weighted by atomic mass is 9.93. The minimum atomic E-state index is -0.387. The minimum Gasteiger partial charge on any atom is -0.450 e. The summed E-state index contributed by atoms with van der Waals surface area (Å²) in [6.45, 7) is 9.72. The van der Waals surface area contributed by atoms with E-state index in [1.807, 2.05) is 6.92 Å². The van der Waals surface area contributed by atoms with Crippen LogP contribution in [0.1, 0.15) is 59.8 Å². The molecule has 4 N–H and O–H groups in total. The minimum absolute atomic E-state index is 0. The van der Waals surface area contributed by atoms with Crippen LogP contribution in [-0.2, 0) is 4.74 Å². The van der Waals surface area contributed by atoms with Crippen LogP contribution in [0.2, 0.25) is 0 Å². The molecule has 7 nitrogen and oxygen atoms in total. The summed E-state index contributed by atoms with van der Waals surface area (Å²) in [6.07, 6.45) is 3.85. The van der Waals surface area contributed by atoms with Crippen molar-refractivity contribution in [3.63, 3.8) is 0 Å². The molecule has 1 amide bonds. The lowest BCUT2D eigenvalue weighted by Gasteiger charge is -2.28. The van der Waals surface area contributed by atoms with Crippen molar-refractivity contribution in [2.75, 3.05) is 19.7 Å². The predicted octanol–water partition coefficient (Wildman–Crippen LogP) is 2.62. The standard InChI is InChI=1S/C18H36N4O3.HI/c1-5-19-17(21-14-7-9-16(23)10-8-14)20-12-15(11-13(3)4)22-18(24)25-6-2;/h13-16,23H,5-12H2,1-4H3,(H,22,24)(H2,19,20,21);1H. The average Bonchev–Trinajstić information content (AvgIpc) is 2.54. The molecule has 0 spiro atoms. The van der Waals surface area contributed by atoms with Crippen molar-refractivity contribution in [3.05, 3.63) is 0 Å². The van der Waals surface area contributed by atoms with Crippen molar-refractivity contribution in [2.45, 2.75) is 78.0 Å². The molecule has 0 heterocycles. The van der Waals surface area contributed by atoms with Gasteiger partial charge in [0.2, 0.25) is 0 Å². The largest absolute Gasteiger partial charge is 0.450 e. The quantitative estimate of drug-likeness (QED) is 0.242. The van der Waals surface area contributed by atoms with Gasteiger partial charge in [-0.3, -0.25) is 4.99 Å². The van der Waals surface area contributed by atoms with E-state index in [2.05, 4.69) is 34.8 Å². The van der Waals surface area contributed by atoms with Gasteiger partial charge in [0.25, 0.3) is 0 Å². The van der Waals surface area contributed by atoms with Crippen LogP contribution in [0.4, 0.5) is 4.79 Å². The Bertz CT molecular complexity index is 413. The molecule has 0 aromatic heterocycles. The monoisotopic (exact) mass is 484 g/mol. The molecule has 0 aromatic rings. The van der Waals surface area contributed by atoms with Crippen molar-refractivity contribution in [1.29, 1.82) is 0 Å². The first-order valence-corrected chi connectivity index (χ1v) is 9.60. The first-order valence-electron chi connectivity index (χ1n) is 9.60. The zero-order chi connectivity index (χ0) is 18.7. The molecule has 0 radical (unpaired) electrons. The molecule has 0 bridgehead atoms. The fourth-order valence-electron chi connectivity index (χ4n) is 3.02. The van der Waals surface area contributed by atoms with Gasteiger partial charge in [-0.1, -0.05) is 13.8 Å². The highest BCUT2D eigenvalue weighted by molar-refractivity contribution is 14.0. The number of amides is 1. The lowest BCUT2D eigenvalue weighted by Crippen LogP contribution is -2.46. The number of hydrogen-bond donors (Lipinski definition) is 4. The number of nitrogens with zero attached hydrogens (tertiary/aromatic N) is 1. The van der Waals surface area contributed by atoms with Gasteiger partial charge in [-0.2, -0.15) is 0 Å². The zero-order valence-electron chi connectivity index (χ0n) is 16.6. The number of hydrogen-bond acceptors (Lipinski definition) is 4. The van der Waals surface area contributed by atoms with E-state index >= 15 is 0 Å². The van der Waals surface area contributed by atoms with Crippen molar-refractivity contribution in [3.8, 4) is 0 Å². The molecule has 1 rings (SSSR count). The second kappa shape index (κ2) is 14.3. The number of ether oxygens (including phenoxy) is 1. The molecule has 154 valence electrons. The van der Waals surface area contributed by atoms with E-state index in [4.69, 9.17) is 4.74 Å². The number of nitrogens with one attached hydrogen (secondary N) is 3. The summed E-state index contributed by atoms with van der Waals surface area (Å²) in [6, 6.07) is 0.283. The van der Waals surface area contributed by atoms with Gasteiger partial charge < -0.3 is 25.8 Å². The summed E-state index contributed by atoms with van der Waals surface area (Å²) in [5, 5.41) is 19.2. The Morgan fingerprint density at radius 3 is 2.42 bits per heavy atom. The van der Waals surface area contributed by atoms with Crippen LogP contribution >= 0.6 is 24.0 Å². The zero-order valence-corrected chi connectivity index (χ0v) is 18.9. The van der Waals surface area contributed by atoms with E-state index in [0.717, 1.165) is 44.6 Å². The number of carbonyl (C=O) groups is 1. The van der Waals surface area contributed by atoms with E-state index < -0.39 is 0 Å². The van der Waals surface area contributed by atoms with E-state index in [9.17, 15) is 9.90 Å². The predicted molar refractivity (Wildman–Crippen MR) is 116 cm³/mol. The Kier molecular flexibility index (Phi) is 13.9. The van der Waals surface area contributed by atoms with E-state index in [0.29, 0.717) is 25.1 Å². The third-order valence-electron chi connectivity index (χ3n) is 4.20. The summed E-state index contributed by atoms with van der Waals surface area (Å²) in [5.41, 5.74) is 0. The van der Waals surface area contributed by atoms with Crippen molar-refractivity contribution < 1.29 is 14.6 Å². The van der Waals surface area contributed by atoms with Crippen LogP contribution in [0.5, 0.6) is 0 Å². The summed E-state index contributed by atoms with van der Waals surface area (Å²) in [5.74, 6) is 1.22.